The summed E-state index contributed by atoms with van der Waals surface area (Å²) in [4.78, 5) is 27.4. The summed E-state index contributed by atoms with van der Waals surface area (Å²) in [5, 5.41) is 2.94. The topological polar surface area (TPSA) is 49.4 Å². The SMILES string of the molecule is Cc1ccccc1C(=O)N[C@H](C(=O)N1CCCC1)c1ccccc1. The summed E-state index contributed by atoms with van der Waals surface area (Å²) in [5.74, 6) is -0.241. The molecule has 1 fully saturated rings. The van der Waals surface area contributed by atoms with E-state index in [4.69, 9.17) is 0 Å². The molecule has 0 unspecified atom stereocenters. The van der Waals surface area contributed by atoms with Crippen LogP contribution in [0.2, 0.25) is 0 Å². The zero-order valence-electron chi connectivity index (χ0n) is 13.9. The van der Waals surface area contributed by atoms with Crippen molar-refractivity contribution in [3.05, 3.63) is 71.3 Å². The molecule has 1 N–H and O–H groups in total. The average molecular weight is 322 g/mol. The van der Waals surface area contributed by atoms with Gasteiger partial charge >= 0.3 is 0 Å². The molecule has 0 bridgehead atoms. The van der Waals surface area contributed by atoms with Crippen LogP contribution in [-0.2, 0) is 4.79 Å². The Morgan fingerprint density at radius 1 is 0.958 bits per heavy atom. The van der Waals surface area contributed by atoms with Gasteiger partial charge in [0.2, 0.25) is 5.91 Å². The molecule has 3 rings (SSSR count). The van der Waals surface area contributed by atoms with Crippen LogP contribution < -0.4 is 5.32 Å². The van der Waals surface area contributed by atoms with Gasteiger partial charge in [-0.15, -0.1) is 0 Å². The fraction of sp³-hybridized carbons (Fsp3) is 0.300. The smallest absolute Gasteiger partial charge is 0.252 e. The first kappa shape index (κ1) is 16.2. The maximum absolute atomic E-state index is 12.9. The summed E-state index contributed by atoms with van der Waals surface area (Å²) >= 11 is 0. The van der Waals surface area contributed by atoms with Gasteiger partial charge < -0.3 is 10.2 Å². The van der Waals surface area contributed by atoms with Gasteiger partial charge in [0.25, 0.3) is 5.91 Å². The summed E-state index contributed by atoms with van der Waals surface area (Å²) in [6.45, 7) is 3.43. The van der Waals surface area contributed by atoms with Crippen LogP contribution in [0.1, 0.15) is 40.4 Å². The van der Waals surface area contributed by atoms with Crippen molar-refractivity contribution < 1.29 is 9.59 Å². The number of carbonyl (C=O) groups is 2. The van der Waals surface area contributed by atoms with Crippen molar-refractivity contribution >= 4 is 11.8 Å². The summed E-state index contributed by atoms with van der Waals surface area (Å²) in [5.41, 5.74) is 2.32. The normalized spacial score (nSPS) is 15.1. The van der Waals surface area contributed by atoms with Gasteiger partial charge in [-0.05, 0) is 37.0 Å². The van der Waals surface area contributed by atoms with E-state index >= 15 is 0 Å². The molecule has 1 aliphatic rings. The molecule has 4 nitrogen and oxygen atoms in total. The molecular weight excluding hydrogens is 300 g/mol. The monoisotopic (exact) mass is 322 g/mol. The van der Waals surface area contributed by atoms with Crippen LogP contribution in [0, 0.1) is 6.92 Å². The first-order valence-corrected chi connectivity index (χ1v) is 8.37. The molecule has 24 heavy (non-hydrogen) atoms. The van der Waals surface area contributed by atoms with Gasteiger partial charge in [0.05, 0.1) is 0 Å². The van der Waals surface area contributed by atoms with Crippen molar-refractivity contribution in [1.29, 1.82) is 0 Å². The van der Waals surface area contributed by atoms with Gasteiger partial charge in [0.1, 0.15) is 6.04 Å². The molecule has 2 aromatic carbocycles. The second-order valence-electron chi connectivity index (χ2n) is 6.16. The third kappa shape index (κ3) is 3.48. The summed E-state index contributed by atoms with van der Waals surface area (Å²) < 4.78 is 0. The number of benzene rings is 2. The second-order valence-corrected chi connectivity index (χ2v) is 6.16. The lowest BCUT2D eigenvalue weighted by Gasteiger charge is -2.24. The maximum Gasteiger partial charge on any atom is 0.252 e. The molecular formula is C20H22N2O2. The lowest BCUT2D eigenvalue weighted by molar-refractivity contribution is -0.132. The summed E-state index contributed by atoms with van der Waals surface area (Å²) in [6, 6.07) is 16.2. The second kappa shape index (κ2) is 7.30. The number of amides is 2. The molecule has 0 aliphatic carbocycles. The van der Waals surface area contributed by atoms with Crippen molar-refractivity contribution in [2.45, 2.75) is 25.8 Å². The average Bonchev–Trinajstić information content (AvgIpc) is 3.15. The Morgan fingerprint density at radius 3 is 2.25 bits per heavy atom. The van der Waals surface area contributed by atoms with Gasteiger partial charge in [0.15, 0.2) is 0 Å². The van der Waals surface area contributed by atoms with Crippen LogP contribution in [0.3, 0.4) is 0 Å². The zero-order valence-corrected chi connectivity index (χ0v) is 13.9. The molecule has 1 saturated heterocycles. The standard InChI is InChI=1S/C20H22N2O2/c1-15-9-5-6-12-17(15)19(23)21-18(16-10-3-2-4-11-16)20(24)22-13-7-8-14-22/h2-6,9-12,18H,7-8,13-14H2,1H3,(H,21,23)/t18-/m0/s1. The lowest BCUT2D eigenvalue weighted by atomic mass is 10.0. The third-order valence-corrected chi connectivity index (χ3v) is 4.46. The first-order chi connectivity index (χ1) is 11.7. The van der Waals surface area contributed by atoms with Gasteiger partial charge in [-0.1, -0.05) is 48.5 Å². The van der Waals surface area contributed by atoms with Crippen LogP contribution in [0.5, 0.6) is 0 Å². The molecule has 0 spiro atoms. The Balaban J connectivity index is 1.86. The van der Waals surface area contributed by atoms with Gasteiger partial charge in [-0.25, -0.2) is 0 Å². The molecule has 0 saturated carbocycles. The van der Waals surface area contributed by atoms with Crippen molar-refractivity contribution in [2.24, 2.45) is 0 Å². The zero-order chi connectivity index (χ0) is 16.9. The van der Waals surface area contributed by atoms with E-state index in [1.165, 1.54) is 0 Å². The maximum atomic E-state index is 12.9. The Kier molecular flexibility index (Phi) is 4.94. The van der Waals surface area contributed by atoms with Gasteiger partial charge in [-0.2, -0.15) is 0 Å². The minimum absolute atomic E-state index is 0.0272. The molecule has 2 aromatic rings. The number of nitrogens with zero attached hydrogens (tertiary/aromatic N) is 1. The Bertz CT molecular complexity index is 721. The number of nitrogens with one attached hydrogen (secondary N) is 1. The molecule has 4 heteroatoms. The fourth-order valence-electron chi connectivity index (χ4n) is 3.09. The largest absolute Gasteiger partial charge is 0.341 e. The number of aryl methyl sites for hydroxylation is 1. The van der Waals surface area contributed by atoms with Crippen LogP contribution in [0.15, 0.2) is 54.6 Å². The molecule has 1 atom stereocenters. The van der Waals surface area contributed by atoms with E-state index in [2.05, 4.69) is 5.32 Å². The molecule has 0 radical (unpaired) electrons. The highest BCUT2D eigenvalue weighted by atomic mass is 16.2. The Labute approximate surface area is 142 Å². The minimum atomic E-state index is -0.642. The van der Waals surface area contributed by atoms with E-state index in [0.717, 1.165) is 37.1 Å². The quantitative estimate of drug-likeness (QED) is 0.940. The first-order valence-electron chi connectivity index (χ1n) is 8.37. The number of likely N-dealkylation sites (tertiary alicyclic amines) is 1. The van der Waals surface area contributed by atoms with E-state index < -0.39 is 6.04 Å². The highest BCUT2D eigenvalue weighted by Crippen LogP contribution is 2.20. The Morgan fingerprint density at radius 2 is 1.58 bits per heavy atom. The molecule has 0 aromatic heterocycles. The van der Waals surface area contributed by atoms with E-state index in [0.29, 0.717) is 5.56 Å². The van der Waals surface area contributed by atoms with Crippen molar-refractivity contribution in [2.75, 3.05) is 13.1 Å². The minimum Gasteiger partial charge on any atom is -0.341 e. The third-order valence-electron chi connectivity index (χ3n) is 4.46. The van der Waals surface area contributed by atoms with Crippen LogP contribution in [0.25, 0.3) is 0 Å². The number of hydrogen-bond acceptors (Lipinski definition) is 2. The van der Waals surface area contributed by atoms with Gasteiger partial charge in [0, 0.05) is 18.7 Å². The van der Waals surface area contributed by atoms with E-state index in [9.17, 15) is 9.59 Å². The van der Waals surface area contributed by atoms with E-state index in [-0.39, 0.29) is 11.8 Å². The number of hydrogen-bond donors (Lipinski definition) is 1. The predicted molar refractivity (Wildman–Crippen MR) is 93.6 cm³/mol. The molecule has 2 amide bonds. The van der Waals surface area contributed by atoms with Crippen molar-refractivity contribution in [1.82, 2.24) is 10.2 Å². The molecule has 1 heterocycles. The van der Waals surface area contributed by atoms with E-state index in [1.54, 1.807) is 6.07 Å². The molecule has 124 valence electrons. The Hall–Kier alpha value is -2.62. The van der Waals surface area contributed by atoms with Crippen molar-refractivity contribution in [3.8, 4) is 0 Å². The number of rotatable bonds is 4. The fourth-order valence-corrected chi connectivity index (χ4v) is 3.09. The highest BCUT2D eigenvalue weighted by molar-refractivity contribution is 5.98. The van der Waals surface area contributed by atoms with Crippen molar-refractivity contribution in [3.63, 3.8) is 0 Å². The summed E-state index contributed by atoms with van der Waals surface area (Å²) in [6.07, 6.45) is 2.05. The molecule has 1 aliphatic heterocycles. The van der Waals surface area contributed by atoms with Crippen LogP contribution in [0.4, 0.5) is 0 Å². The van der Waals surface area contributed by atoms with Gasteiger partial charge in [-0.3, -0.25) is 9.59 Å². The lowest BCUT2D eigenvalue weighted by Crippen LogP contribution is -2.42. The van der Waals surface area contributed by atoms with Crippen LogP contribution in [-0.4, -0.2) is 29.8 Å². The predicted octanol–water partition coefficient (Wildman–Crippen LogP) is 3.09. The summed E-state index contributed by atoms with van der Waals surface area (Å²) in [7, 11) is 0. The number of carbonyl (C=O) groups excluding carboxylic acids is 2. The highest BCUT2D eigenvalue weighted by Gasteiger charge is 2.29. The van der Waals surface area contributed by atoms with E-state index in [1.807, 2.05) is 60.4 Å². The van der Waals surface area contributed by atoms with Crippen LogP contribution >= 0.6 is 0 Å².